The lowest BCUT2D eigenvalue weighted by Gasteiger charge is -2.37. The van der Waals surface area contributed by atoms with Crippen LogP contribution in [0, 0.1) is 3.57 Å². The van der Waals surface area contributed by atoms with Crippen molar-refractivity contribution in [2.45, 2.75) is 31.7 Å². The lowest BCUT2D eigenvalue weighted by molar-refractivity contribution is 0.204. The maximum atomic E-state index is 2.60. The molecule has 0 saturated carbocycles. The first kappa shape index (κ1) is 12.7. The minimum atomic E-state index is 0.693. The van der Waals surface area contributed by atoms with E-state index in [1.54, 1.807) is 0 Å². The van der Waals surface area contributed by atoms with Gasteiger partial charge in [0.2, 0.25) is 0 Å². The first-order valence-electron chi connectivity index (χ1n) is 5.77. The Balaban J connectivity index is 2.00. The Labute approximate surface area is 116 Å². The SMILES string of the molecule is CC1SCCN(Cc2ccc(I)cc2)C1C. The van der Waals surface area contributed by atoms with Crippen LogP contribution in [0.1, 0.15) is 19.4 Å². The molecular formula is C13H18INS. The lowest BCUT2D eigenvalue weighted by Crippen LogP contribution is -2.43. The molecule has 1 nitrogen and oxygen atoms in total. The van der Waals surface area contributed by atoms with Gasteiger partial charge in [0.15, 0.2) is 0 Å². The highest BCUT2D eigenvalue weighted by Crippen LogP contribution is 2.25. The maximum Gasteiger partial charge on any atom is 0.0237 e. The Bertz CT molecular complexity index is 338. The molecule has 0 bridgehead atoms. The van der Waals surface area contributed by atoms with Crippen LogP contribution < -0.4 is 0 Å². The van der Waals surface area contributed by atoms with Gasteiger partial charge in [-0.15, -0.1) is 0 Å². The molecule has 1 fully saturated rings. The van der Waals surface area contributed by atoms with E-state index in [-0.39, 0.29) is 0 Å². The van der Waals surface area contributed by atoms with E-state index in [1.165, 1.54) is 21.4 Å². The van der Waals surface area contributed by atoms with Crippen molar-refractivity contribution in [1.82, 2.24) is 4.90 Å². The fourth-order valence-electron chi connectivity index (χ4n) is 2.04. The van der Waals surface area contributed by atoms with Gasteiger partial charge in [0.1, 0.15) is 0 Å². The van der Waals surface area contributed by atoms with E-state index < -0.39 is 0 Å². The van der Waals surface area contributed by atoms with Crippen LogP contribution in [0.5, 0.6) is 0 Å². The summed E-state index contributed by atoms with van der Waals surface area (Å²) in [6, 6.07) is 9.59. The van der Waals surface area contributed by atoms with E-state index in [9.17, 15) is 0 Å². The van der Waals surface area contributed by atoms with Gasteiger partial charge in [-0.3, -0.25) is 4.90 Å². The van der Waals surface area contributed by atoms with Gasteiger partial charge < -0.3 is 0 Å². The summed E-state index contributed by atoms with van der Waals surface area (Å²) >= 11 is 4.46. The zero-order valence-electron chi connectivity index (χ0n) is 9.82. The van der Waals surface area contributed by atoms with Crippen molar-refractivity contribution >= 4 is 34.4 Å². The summed E-state index contributed by atoms with van der Waals surface area (Å²) in [6.07, 6.45) is 0. The molecule has 0 radical (unpaired) electrons. The summed E-state index contributed by atoms with van der Waals surface area (Å²) in [4.78, 5) is 2.60. The topological polar surface area (TPSA) is 3.24 Å². The first-order valence-corrected chi connectivity index (χ1v) is 7.89. The lowest BCUT2D eigenvalue weighted by atomic mass is 10.1. The van der Waals surface area contributed by atoms with Crippen LogP contribution in [-0.4, -0.2) is 28.5 Å². The average molecular weight is 347 g/mol. The number of rotatable bonds is 2. The van der Waals surface area contributed by atoms with E-state index in [1.807, 2.05) is 0 Å². The van der Waals surface area contributed by atoms with Crippen molar-refractivity contribution in [2.75, 3.05) is 12.3 Å². The predicted octanol–water partition coefficient (Wildman–Crippen LogP) is 3.62. The fraction of sp³-hybridized carbons (Fsp3) is 0.538. The van der Waals surface area contributed by atoms with Gasteiger partial charge >= 0.3 is 0 Å². The zero-order chi connectivity index (χ0) is 11.5. The highest BCUT2D eigenvalue weighted by Gasteiger charge is 2.24. The van der Waals surface area contributed by atoms with Gasteiger partial charge in [0, 0.05) is 33.7 Å². The monoisotopic (exact) mass is 347 g/mol. The molecule has 0 amide bonds. The molecular weight excluding hydrogens is 329 g/mol. The van der Waals surface area contributed by atoms with Crippen LogP contribution in [0.15, 0.2) is 24.3 Å². The molecule has 0 spiro atoms. The molecule has 2 unspecified atom stereocenters. The third-order valence-corrected chi connectivity index (χ3v) is 5.37. The Hall–Kier alpha value is 0.260. The Morgan fingerprint density at radius 3 is 2.69 bits per heavy atom. The van der Waals surface area contributed by atoms with E-state index >= 15 is 0 Å². The molecule has 1 aliphatic heterocycles. The van der Waals surface area contributed by atoms with Crippen LogP contribution in [0.3, 0.4) is 0 Å². The van der Waals surface area contributed by atoms with Crippen LogP contribution >= 0.6 is 34.4 Å². The molecule has 16 heavy (non-hydrogen) atoms. The number of nitrogens with zero attached hydrogens (tertiary/aromatic N) is 1. The fourth-order valence-corrected chi connectivity index (χ4v) is 3.56. The third-order valence-electron chi connectivity index (χ3n) is 3.31. The van der Waals surface area contributed by atoms with Crippen molar-refractivity contribution in [2.24, 2.45) is 0 Å². The second-order valence-electron chi connectivity index (χ2n) is 4.41. The first-order chi connectivity index (χ1) is 7.66. The van der Waals surface area contributed by atoms with Gasteiger partial charge in [-0.25, -0.2) is 0 Å². The zero-order valence-corrected chi connectivity index (χ0v) is 12.8. The summed E-state index contributed by atoms with van der Waals surface area (Å²) in [5, 5.41) is 0.762. The highest BCUT2D eigenvalue weighted by atomic mass is 127. The summed E-state index contributed by atoms with van der Waals surface area (Å²) in [5.41, 5.74) is 1.44. The van der Waals surface area contributed by atoms with Crippen molar-refractivity contribution in [1.29, 1.82) is 0 Å². The summed E-state index contributed by atoms with van der Waals surface area (Å²) in [5.74, 6) is 1.27. The standard InChI is InChI=1S/C13H18INS/c1-10-11(2)16-8-7-15(10)9-12-3-5-13(14)6-4-12/h3-6,10-11H,7-9H2,1-2H3. The Morgan fingerprint density at radius 1 is 1.31 bits per heavy atom. The van der Waals surface area contributed by atoms with Crippen LogP contribution in [0.4, 0.5) is 0 Å². The molecule has 1 aromatic rings. The Morgan fingerprint density at radius 2 is 2.00 bits per heavy atom. The molecule has 1 aliphatic rings. The summed E-state index contributed by atoms with van der Waals surface area (Å²) in [6.45, 7) is 7.02. The molecule has 1 aromatic carbocycles. The number of hydrogen-bond donors (Lipinski definition) is 0. The van der Waals surface area contributed by atoms with Crippen LogP contribution in [0.2, 0.25) is 0 Å². The molecule has 3 heteroatoms. The molecule has 0 aromatic heterocycles. The largest absolute Gasteiger partial charge is 0.295 e. The number of hydrogen-bond acceptors (Lipinski definition) is 2. The van der Waals surface area contributed by atoms with Crippen molar-refractivity contribution in [3.63, 3.8) is 0 Å². The summed E-state index contributed by atoms with van der Waals surface area (Å²) in [7, 11) is 0. The Kier molecular flexibility index (Phi) is 4.56. The van der Waals surface area contributed by atoms with Crippen molar-refractivity contribution in [3.05, 3.63) is 33.4 Å². The van der Waals surface area contributed by atoms with Gasteiger partial charge in [-0.2, -0.15) is 11.8 Å². The van der Waals surface area contributed by atoms with Gasteiger partial charge in [-0.05, 0) is 47.2 Å². The van der Waals surface area contributed by atoms with E-state index in [4.69, 9.17) is 0 Å². The maximum absolute atomic E-state index is 2.60. The van der Waals surface area contributed by atoms with Gasteiger partial charge in [0.05, 0.1) is 0 Å². The predicted molar refractivity (Wildman–Crippen MR) is 81.0 cm³/mol. The van der Waals surface area contributed by atoms with Gasteiger partial charge in [-0.1, -0.05) is 19.1 Å². The molecule has 2 rings (SSSR count). The molecule has 2 atom stereocenters. The molecule has 1 heterocycles. The second-order valence-corrected chi connectivity index (χ2v) is 7.14. The van der Waals surface area contributed by atoms with Crippen LogP contribution in [0.25, 0.3) is 0 Å². The molecule has 0 N–H and O–H groups in total. The minimum absolute atomic E-state index is 0.693. The van der Waals surface area contributed by atoms with Crippen molar-refractivity contribution in [3.8, 4) is 0 Å². The van der Waals surface area contributed by atoms with E-state index in [2.05, 4.69) is 77.4 Å². The third kappa shape index (κ3) is 3.14. The normalized spacial score (nSPS) is 26.9. The van der Waals surface area contributed by atoms with Gasteiger partial charge in [0.25, 0.3) is 0 Å². The smallest absolute Gasteiger partial charge is 0.0237 e. The van der Waals surface area contributed by atoms with E-state index in [0.717, 1.165) is 11.8 Å². The van der Waals surface area contributed by atoms with E-state index in [0.29, 0.717) is 6.04 Å². The number of benzene rings is 1. The molecule has 1 saturated heterocycles. The quantitative estimate of drug-likeness (QED) is 0.752. The van der Waals surface area contributed by atoms with Crippen molar-refractivity contribution < 1.29 is 0 Å². The molecule has 0 aliphatic carbocycles. The average Bonchev–Trinajstić information content (AvgIpc) is 2.28. The minimum Gasteiger partial charge on any atom is -0.295 e. The number of thioether (sulfide) groups is 1. The highest BCUT2D eigenvalue weighted by molar-refractivity contribution is 14.1. The second kappa shape index (κ2) is 5.74. The summed E-state index contributed by atoms with van der Waals surface area (Å²) < 4.78 is 1.32. The molecule has 88 valence electrons. The number of halogens is 1. The van der Waals surface area contributed by atoms with Crippen LogP contribution in [-0.2, 0) is 6.54 Å².